The van der Waals surface area contributed by atoms with Crippen molar-refractivity contribution in [1.82, 2.24) is 10.6 Å². The van der Waals surface area contributed by atoms with Crippen LogP contribution in [0.15, 0.2) is 72.8 Å². The van der Waals surface area contributed by atoms with Crippen LogP contribution in [0.3, 0.4) is 0 Å². The van der Waals surface area contributed by atoms with Gasteiger partial charge in [0.25, 0.3) is 23.0 Å². The summed E-state index contributed by atoms with van der Waals surface area (Å²) in [6.07, 6.45) is 0. The fourth-order valence-corrected chi connectivity index (χ4v) is 3.58. The average molecular weight is 549 g/mol. The fraction of sp³-hybridized carbons (Fsp3) is 0.154. The Bertz CT molecular complexity index is 1300. The van der Waals surface area contributed by atoms with Gasteiger partial charge in [-0.2, -0.15) is 0 Å². The highest BCUT2D eigenvalue weighted by Crippen LogP contribution is 2.13. The summed E-state index contributed by atoms with van der Waals surface area (Å²) in [7, 11) is 0. The summed E-state index contributed by atoms with van der Waals surface area (Å²) in [6, 6.07) is 18.0. The lowest BCUT2D eigenvalue weighted by molar-refractivity contribution is -0.444. The molecule has 2 aliphatic heterocycles. The third-order valence-corrected chi connectivity index (χ3v) is 5.50. The zero-order valence-corrected chi connectivity index (χ0v) is 20.9. The predicted octanol–water partition coefficient (Wildman–Crippen LogP) is -3.54. The highest BCUT2D eigenvalue weighted by Gasteiger charge is 2.18. The standard InChI is InChI=1S/C12H14N4.2C7H5NO4/c1-2-10(12-15-7-8-16-12)4-3-9(1)11-13-5-6-14-11;2*9-7(10)5-2-1-3-6(4-5)8(11)12/h1-4H,5-8H2,(H,13,14)(H,15,16);2*1-4H,(H,9,10). The van der Waals surface area contributed by atoms with Gasteiger partial charge in [-0.3, -0.25) is 40.8 Å². The molecule has 4 N–H and O–H groups in total. The number of nitrogens with zero attached hydrogens (tertiary/aromatic N) is 2. The second-order valence-corrected chi connectivity index (χ2v) is 8.22. The number of nitro benzene ring substituents is 2. The topological polar surface area (TPSA) is 219 Å². The summed E-state index contributed by atoms with van der Waals surface area (Å²) >= 11 is 0. The van der Waals surface area contributed by atoms with Gasteiger partial charge in [0, 0.05) is 35.4 Å². The maximum absolute atomic E-state index is 10.2. The van der Waals surface area contributed by atoms with Gasteiger partial charge in [-0.05, 0) is 24.3 Å². The fourth-order valence-electron chi connectivity index (χ4n) is 3.58. The van der Waals surface area contributed by atoms with Gasteiger partial charge in [-0.15, -0.1) is 0 Å². The molecule has 206 valence electrons. The molecular formula is C26H24N6O8. The zero-order chi connectivity index (χ0) is 29.1. The first-order chi connectivity index (χ1) is 19.2. The molecule has 0 saturated heterocycles. The SMILES string of the molecule is O=C([O-])c1cccc([N+](=O)[O-])c1.O=C([O-])c1cccc([N+](=O)[O-])c1.c1cc(C2=[NH+]CCN2)ccc1C1=[NH+]CCN1. The van der Waals surface area contributed by atoms with Crippen molar-refractivity contribution in [2.24, 2.45) is 0 Å². The Balaban J connectivity index is 0.000000169. The van der Waals surface area contributed by atoms with Crippen LogP contribution in [0.5, 0.6) is 0 Å². The molecule has 0 atom stereocenters. The lowest BCUT2D eigenvalue weighted by Crippen LogP contribution is -2.71. The summed E-state index contributed by atoms with van der Waals surface area (Å²) in [5, 5.41) is 47.5. The number of carbonyl (C=O) groups excluding carboxylic acids is 2. The van der Waals surface area contributed by atoms with Gasteiger partial charge in [-0.1, -0.05) is 24.3 Å². The molecule has 14 heteroatoms. The van der Waals surface area contributed by atoms with Gasteiger partial charge in [-0.25, -0.2) is 0 Å². The number of rotatable bonds is 6. The van der Waals surface area contributed by atoms with Crippen molar-refractivity contribution in [2.75, 3.05) is 26.2 Å². The minimum atomic E-state index is -1.42. The van der Waals surface area contributed by atoms with E-state index in [0.29, 0.717) is 0 Å². The molecule has 2 heterocycles. The molecule has 0 fully saturated rings. The molecule has 0 unspecified atom stereocenters. The van der Waals surface area contributed by atoms with Crippen molar-refractivity contribution in [3.05, 3.63) is 115 Å². The third kappa shape index (κ3) is 8.17. The normalized spacial score (nSPS) is 13.1. The van der Waals surface area contributed by atoms with Crippen molar-refractivity contribution in [1.29, 1.82) is 0 Å². The molecule has 5 rings (SSSR count). The molecule has 0 bridgehead atoms. The Hall–Kier alpha value is -5.66. The Morgan fingerprint density at radius 1 is 0.650 bits per heavy atom. The van der Waals surface area contributed by atoms with Gasteiger partial charge in [0.1, 0.15) is 26.2 Å². The van der Waals surface area contributed by atoms with Crippen molar-refractivity contribution in [3.63, 3.8) is 0 Å². The van der Waals surface area contributed by atoms with E-state index in [1.807, 2.05) is 0 Å². The number of hydrogen-bond acceptors (Lipinski definition) is 10. The highest BCUT2D eigenvalue weighted by atomic mass is 16.6. The molecule has 0 amide bonds. The largest absolute Gasteiger partial charge is 0.545 e. The minimum absolute atomic E-state index is 0.191. The van der Waals surface area contributed by atoms with Crippen molar-refractivity contribution in [2.45, 2.75) is 0 Å². The first-order valence-corrected chi connectivity index (χ1v) is 11.9. The maximum atomic E-state index is 10.2. The lowest BCUT2D eigenvalue weighted by Gasteiger charge is -1.99. The van der Waals surface area contributed by atoms with Gasteiger partial charge >= 0.3 is 0 Å². The Kier molecular flexibility index (Phi) is 9.94. The molecule has 3 aromatic rings. The molecule has 14 nitrogen and oxygen atoms in total. The maximum Gasteiger partial charge on any atom is 0.275 e. The molecule has 40 heavy (non-hydrogen) atoms. The first kappa shape index (κ1) is 28.9. The monoisotopic (exact) mass is 548 g/mol. The number of hydrogen-bond donors (Lipinski definition) is 4. The number of carbonyl (C=O) groups is 2. The van der Waals surface area contributed by atoms with Crippen LogP contribution in [0.2, 0.25) is 0 Å². The smallest absolute Gasteiger partial charge is 0.275 e. The van der Waals surface area contributed by atoms with Crippen LogP contribution in [-0.2, 0) is 0 Å². The number of aromatic carboxylic acids is 2. The molecule has 0 saturated carbocycles. The van der Waals surface area contributed by atoms with Crippen LogP contribution in [0.1, 0.15) is 31.8 Å². The molecule has 2 aliphatic rings. The van der Waals surface area contributed by atoms with Gasteiger partial charge < -0.3 is 19.8 Å². The number of carboxylic acids is 2. The lowest BCUT2D eigenvalue weighted by atomic mass is 10.1. The number of carboxylic acid groups (broad SMARTS) is 2. The molecule has 3 aromatic carbocycles. The van der Waals surface area contributed by atoms with Crippen molar-refractivity contribution >= 4 is 35.0 Å². The third-order valence-electron chi connectivity index (χ3n) is 5.50. The predicted molar refractivity (Wildman–Crippen MR) is 137 cm³/mol. The van der Waals surface area contributed by atoms with E-state index in [0.717, 1.165) is 50.0 Å². The minimum Gasteiger partial charge on any atom is -0.545 e. The van der Waals surface area contributed by atoms with E-state index in [1.54, 1.807) is 0 Å². The molecule has 0 spiro atoms. The highest BCUT2D eigenvalue weighted by molar-refractivity contribution is 5.98. The number of amidine groups is 2. The van der Waals surface area contributed by atoms with Crippen molar-refractivity contribution < 1.29 is 39.6 Å². The Morgan fingerprint density at radius 3 is 1.30 bits per heavy atom. The molecular weight excluding hydrogens is 524 g/mol. The van der Waals surface area contributed by atoms with Crippen molar-refractivity contribution in [3.8, 4) is 0 Å². The summed E-state index contributed by atoms with van der Waals surface area (Å²) in [6.45, 7) is 4.05. The number of nitrogens with one attached hydrogen (secondary N) is 4. The molecule has 0 radical (unpaired) electrons. The summed E-state index contributed by atoms with van der Waals surface area (Å²) in [5.41, 5.74) is 1.56. The van der Waals surface area contributed by atoms with Crippen LogP contribution in [0.25, 0.3) is 0 Å². The van der Waals surface area contributed by atoms with E-state index in [1.165, 1.54) is 47.5 Å². The van der Waals surface area contributed by atoms with Gasteiger partial charge in [0.05, 0.1) is 32.9 Å². The van der Waals surface area contributed by atoms with Crippen LogP contribution < -0.4 is 30.8 Å². The van der Waals surface area contributed by atoms with E-state index in [-0.39, 0.29) is 22.5 Å². The Morgan fingerprint density at radius 2 is 1.02 bits per heavy atom. The van der Waals surface area contributed by atoms with Gasteiger partial charge in [0.15, 0.2) is 0 Å². The van der Waals surface area contributed by atoms with Crippen LogP contribution >= 0.6 is 0 Å². The summed E-state index contributed by atoms with van der Waals surface area (Å²) in [4.78, 5) is 46.2. The Labute approximate surface area is 227 Å². The van der Waals surface area contributed by atoms with Gasteiger partial charge in [0.2, 0.25) is 0 Å². The van der Waals surface area contributed by atoms with E-state index < -0.39 is 21.8 Å². The quantitative estimate of drug-likeness (QED) is 0.176. The van der Waals surface area contributed by atoms with E-state index >= 15 is 0 Å². The van der Waals surface area contributed by atoms with E-state index in [4.69, 9.17) is 0 Å². The molecule has 0 aromatic heterocycles. The second-order valence-electron chi connectivity index (χ2n) is 8.22. The molecule has 0 aliphatic carbocycles. The number of nitro groups is 2. The van der Waals surface area contributed by atoms with Crippen LogP contribution in [-0.4, -0.2) is 59.6 Å². The van der Waals surface area contributed by atoms with Crippen LogP contribution in [0, 0.1) is 20.2 Å². The summed E-state index contributed by atoms with van der Waals surface area (Å²) in [5.74, 6) is -0.551. The first-order valence-electron chi connectivity index (χ1n) is 11.9. The second kappa shape index (κ2) is 13.8. The van der Waals surface area contributed by atoms with E-state index in [2.05, 4.69) is 44.9 Å². The van der Waals surface area contributed by atoms with Crippen LogP contribution in [0.4, 0.5) is 11.4 Å². The summed E-state index contributed by atoms with van der Waals surface area (Å²) < 4.78 is 0. The average Bonchev–Trinajstić information content (AvgIpc) is 3.69. The number of non-ortho nitro benzene ring substituents is 2. The number of benzene rings is 3. The van der Waals surface area contributed by atoms with E-state index in [9.17, 15) is 40.0 Å². The zero-order valence-electron chi connectivity index (χ0n) is 20.9.